The SMILES string of the molecule is O=C(Nc1ccccc1O)c1cnc(-c2ccc(Cl)cc2)[nH]c1=O. The van der Waals surface area contributed by atoms with Gasteiger partial charge in [0.05, 0.1) is 5.69 Å². The number of phenols is 1. The van der Waals surface area contributed by atoms with Gasteiger partial charge in [0.1, 0.15) is 17.1 Å². The molecule has 24 heavy (non-hydrogen) atoms. The standard InChI is InChI=1S/C17H12ClN3O3/c18-11-7-5-10(6-8-11)15-19-9-12(17(24)21-15)16(23)20-13-3-1-2-4-14(13)22/h1-9,22H,(H,20,23)(H,19,21,24). The lowest BCUT2D eigenvalue weighted by atomic mass is 10.2. The lowest BCUT2D eigenvalue weighted by Crippen LogP contribution is -2.24. The van der Waals surface area contributed by atoms with E-state index >= 15 is 0 Å². The Hall–Kier alpha value is -3.12. The molecule has 0 bridgehead atoms. The molecule has 0 spiro atoms. The maximum atomic E-state index is 12.2. The van der Waals surface area contributed by atoms with E-state index in [0.29, 0.717) is 16.4 Å². The molecule has 6 nitrogen and oxygen atoms in total. The summed E-state index contributed by atoms with van der Waals surface area (Å²) in [5.41, 5.74) is 0.145. The Morgan fingerprint density at radius 2 is 1.83 bits per heavy atom. The van der Waals surface area contributed by atoms with Crippen molar-refractivity contribution in [2.24, 2.45) is 0 Å². The van der Waals surface area contributed by atoms with Gasteiger partial charge in [-0.2, -0.15) is 0 Å². The molecule has 0 radical (unpaired) electrons. The molecule has 3 aromatic rings. The van der Waals surface area contributed by atoms with Gasteiger partial charge < -0.3 is 15.4 Å². The summed E-state index contributed by atoms with van der Waals surface area (Å²) in [4.78, 5) is 31.0. The van der Waals surface area contributed by atoms with Crippen LogP contribution < -0.4 is 10.9 Å². The van der Waals surface area contributed by atoms with Crippen molar-refractivity contribution in [2.75, 3.05) is 5.32 Å². The van der Waals surface area contributed by atoms with E-state index in [9.17, 15) is 14.7 Å². The smallest absolute Gasteiger partial charge is 0.264 e. The summed E-state index contributed by atoms with van der Waals surface area (Å²) in [7, 11) is 0. The van der Waals surface area contributed by atoms with Gasteiger partial charge in [0.2, 0.25) is 0 Å². The molecular weight excluding hydrogens is 330 g/mol. The van der Waals surface area contributed by atoms with Crippen molar-refractivity contribution in [1.82, 2.24) is 9.97 Å². The number of H-pyrrole nitrogens is 1. The highest BCUT2D eigenvalue weighted by atomic mass is 35.5. The van der Waals surface area contributed by atoms with Crippen molar-refractivity contribution in [2.45, 2.75) is 0 Å². The van der Waals surface area contributed by atoms with Crippen LogP contribution in [0.3, 0.4) is 0 Å². The number of carbonyl (C=O) groups excluding carboxylic acids is 1. The monoisotopic (exact) mass is 341 g/mol. The van der Waals surface area contributed by atoms with Crippen LogP contribution in [-0.2, 0) is 0 Å². The molecule has 3 rings (SSSR count). The van der Waals surface area contributed by atoms with Crippen molar-refractivity contribution >= 4 is 23.2 Å². The van der Waals surface area contributed by atoms with Crippen LogP contribution in [0.1, 0.15) is 10.4 Å². The van der Waals surface area contributed by atoms with Gasteiger partial charge >= 0.3 is 0 Å². The summed E-state index contributed by atoms with van der Waals surface area (Å²) >= 11 is 5.82. The molecular formula is C17H12ClN3O3. The third kappa shape index (κ3) is 3.28. The minimum Gasteiger partial charge on any atom is -0.506 e. The van der Waals surface area contributed by atoms with E-state index in [1.54, 1.807) is 36.4 Å². The van der Waals surface area contributed by atoms with Crippen molar-refractivity contribution in [3.8, 4) is 17.1 Å². The minimum absolute atomic E-state index is 0.0898. The van der Waals surface area contributed by atoms with E-state index in [-0.39, 0.29) is 17.0 Å². The molecule has 1 amide bonds. The number of halogens is 1. The number of hydrogen-bond acceptors (Lipinski definition) is 4. The molecule has 2 aromatic carbocycles. The second kappa shape index (κ2) is 6.55. The van der Waals surface area contributed by atoms with Gasteiger partial charge in [-0.05, 0) is 36.4 Å². The lowest BCUT2D eigenvalue weighted by Gasteiger charge is -2.07. The first kappa shape index (κ1) is 15.8. The van der Waals surface area contributed by atoms with Gasteiger partial charge in [-0.3, -0.25) is 9.59 Å². The molecule has 1 aromatic heterocycles. The number of nitrogens with one attached hydrogen (secondary N) is 2. The van der Waals surface area contributed by atoms with Crippen LogP contribution in [0, 0.1) is 0 Å². The fourth-order valence-corrected chi connectivity index (χ4v) is 2.21. The second-order valence-corrected chi connectivity index (χ2v) is 5.39. The molecule has 1 heterocycles. The van der Waals surface area contributed by atoms with Crippen LogP contribution in [0.25, 0.3) is 11.4 Å². The van der Waals surface area contributed by atoms with Gasteiger partial charge in [-0.15, -0.1) is 0 Å². The van der Waals surface area contributed by atoms with Gasteiger partial charge in [-0.1, -0.05) is 23.7 Å². The first-order valence-electron chi connectivity index (χ1n) is 6.99. The van der Waals surface area contributed by atoms with Crippen LogP contribution in [0.2, 0.25) is 5.02 Å². The molecule has 3 N–H and O–H groups in total. The Bertz CT molecular complexity index is 952. The highest BCUT2D eigenvalue weighted by Crippen LogP contribution is 2.22. The zero-order valence-corrected chi connectivity index (χ0v) is 13.0. The van der Waals surface area contributed by atoms with Gasteiger partial charge in [0.25, 0.3) is 11.5 Å². The van der Waals surface area contributed by atoms with Gasteiger partial charge in [0.15, 0.2) is 0 Å². The third-order valence-corrected chi connectivity index (χ3v) is 3.57. The normalized spacial score (nSPS) is 10.4. The zero-order valence-electron chi connectivity index (χ0n) is 12.3. The Morgan fingerprint density at radius 1 is 1.12 bits per heavy atom. The van der Waals surface area contributed by atoms with Crippen LogP contribution in [-0.4, -0.2) is 21.0 Å². The molecule has 0 unspecified atom stereocenters. The summed E-state index contributed by atoms with van der Waals surface area (Å²) in [6, 6.07) is 13.0. The Labute approximate surface area is 141 Å². The van der Waals surface area contributed by atoms with Crippen LogP contribution in [0.5, 0.6) is 5.75 Å². The molecule has 0 fully saturated rings. The van der Waals surface area contributed by atoms with E-state index in [1.165, 1.54) is 18.3 Å². The Balaban J connectivity index is 1.87. The fraction of sp³-hybridized carbons (Fsp3) is 0. The number of phenolic OH excluding ortho intramolecular Hbond substituents is 1. The maximum Gasteiger partial charge on any atom is 0.264 e. The topological polar surface area (TPSA) is 95.1 Å². The van der Waals surface area contributed by atoms with Gasteiger partial charge in [-0.25, -0.2) is 4.98 Å². The summed E-state index contributed by atoms with van der Waals surface area (Å²) in [6.45, 7) is 0. The third-order valence-electron chi connectivity index (χ3n) is 3.31. The summed E-state index contributed by atoms with van der Waals surface area (Å²) in [6.07, 6.45) is 1.19. The molecule has 120 valence electrons. The van der Waals surface area contributed by atoms with Crippen LogP contribution in [0.15, 0.2) is 59.5 Å². The molecule has 0 saturated carbocycles. The van der Waals surface area contributed by atoms with E-state index in [2.05, 4.69) is 15.3 Å². The van der Waals surface area contributed by atoms with Crippen molar-refractivity contribution in [1.29, 1.82) is 0 Å². The predicted octanol–water partition coefficient (Wildman–Crippen LogP) is 3.05. The summed E-state index contributed by atoms with van der Waals surface area (Å²) < 4.78 is 0. The second-order valence-electron chi connectivity index (χ2n) is 4.95. The number of aromatic nitrogens is 2. The molecule has 0 saturated heterocycles. The number of benzene rings is 2. The van der Waals surface area contributed by atoms with E-state index in [4.69, 9.17) is 11.6 Å². The highest BCUT2D eigenvalue weighted by Gasteiger charge is 2.14. The van der Waals surface area contributed by atoms with Crippen molar-refractivity contribution in [3.63, 3.8) is 0 Å². The van der Waals surface area contributed by atoms with E-state index in [0.717, 1.165) is 0 Å². The number of para-hydroxylation sites is 2. The Morgan fingerprint density at radius 3 is 2.50 bits per heavy atom. The number of hydrogen-bond donors (Lipinski definition) is 3. The summed E-state index contributed by atoms with van der Waals surface area (Å²) in [5, 5.41) is 12.7. The molecule has 0 aliphatic carbocycles. The largest absolute Gasteiger partial charge is 0.506 e. The average molecular weight is 342 g/mol. The number of aromatic amines is 1. The van der Waals surface area contributed by atoms with Crippen LogP contribution >= 0.6 is 11.6 Å². The Kier molecular flexibility index (Phi) is 4.31. The number of rotatable bonds is 3. The average Bonchev–Trinajstić information content (AvgIpc) is 2.57. The fourth-order valence-electron chi connectivity index (χ4n) is 2.08. The predicted molar refractivity (Wildman–Crippen MR) is 91.4 cm³/mol. The quantitative estimate of drug-likeness (QED) is 0.638. The molecule has 0 atom stereocenters. The first-order valence-corrected chi connectivity index (χ1v) is 7.37. The first-order chi connectivity index (χ1) is 11.5. The van der Waals surface area contributed by atoms with E-state index in [1.807, 2.05) is 0 Å². The zero-order chi connectivity index (χ0) is 17.1. The van der Waals surface area contributed by atoms with Crippen molar-refractivity contribution in [3.05, 3.63) is 75.7 Å². The minimum atomic E-state index is -0.659. The molecule has 7 heteroatoms. The number of carbonyl (C=O) groups is 1. The van der Waals surface area contributed by atoms with Crippen LogP contribution in [0.4, 0.5) is 5.69 Å². The molecule has 0 aliphatic heterocycles. The van der Waals surface area contributed by atoms with E-state index < -0.39 is 11.5 Å². The lowest BCUT2D eigenvalue weighted by molar-refractivity contribution is 0.102. The van der Waals surface area contributed by atoms with Gasteiger partial charge in [0, 0.05) is 16.8 Å². The number of aromatic hydroxyl groups is 1. The maximum absolute atomic E-state index is 12.2. The number of anilines is 1. The van der Waals surface area contributed by atoms with Crippen molar-refractivity contribution < 1.29 is 9.90 Å². The summed E-state index contributed by atoms with van der Waals surface area (Å²) in [5.74, 6) is -0.420. The number of amides is 1. The number of nitrogens with zero attached hydrogens (tertiary/aromatic N) is 1. The highest BCUT2D eigenvalue weighted by molar-refractivity contribution is 6.30. The molecule has 0 aliphatic rings.